The molecule has 1 amide bonds. The third-order valence-corrected chi connectivity index (χ3v) is 4.30. The van der Waals surface area contributed by atoms with Gasteiger partial charge in [-0.1, -0.05) is 18.2 Å². The van der Waals surface area contributed by atoms with E-state index in [1.807, 2.05) is 48.5 Å². The van der Waals surface area contributed by atoms with Gasteiger partial charge in [0.15, 0.2) is 0 Å². The molecule has 2 aromatic carbocycles. The Morgan fingerprint density at radius 1 is 1.04 bits per heavy atom. The highest BCUT2D eigenvalue weighted by Crippen LogP contribution is 2.22. The highest BCUT2D eigenvalue weighted by Gasteiger charge is 2.04. The van der Waals surface area contributed by atoms with Crippen LogP contribution in [0.5, 0.6) is 11.5 Å². The lowest BCUT2D eigenvalue weighted by Gasteiger charge is -2.07. The Labute approximate surface area is 141 Å². The SMILES string of the molecule is COc1ccc(CCNC(=O)CSc2cccc(OC)c2)cc1. The number of carbonyl (C=O) groups is 1. The largest absolute Gasteiger partial charge is 0.497 e. The molecule has 0 aliphatic rings. The Morgan fingerprint density at radius 3 is 2.48 bits per heavy atom. The number of amides is 1. The second-order valence-electron chi connectivity index (χ2n) is 4.92. The predicted octanol–water partition coefficient (Wildman–Crippen LogP) is 3.15. The summed E-state index contributed by atoms with van der Waals surface area (Å²) in [5, 5.41) is 2.94. The van der Waals surface area contributed by atoms with Crippen molar-refractivity contribution in [1.82, 2.24) is 5.32 Å². The summed E-state index contributed by atoms with van der Waals surface area (Å²) in [6, 6.07) is 15.6. The molecule has 2 aromatic rings. The number of carbonyl (C=O) groups excluding carboxylic acids is 1. The minimum atomic E-state index is 0.0336. The molecule has 23 heavy (non-hydrogen) atoms. The maximum atomic E-state index is 11.9. The van der Waals surface area contributed by atoms with Gasteiger partial charge in [0.05, 0.1) is 20.0 Å². The van der Waals surface area contributed by atoms with Crippen molar-refractivity contribution in [1.29, 1.82) is 0 Å². The van der Waals surface area contributed by atoms with Gasteiger partial charge in [-0.05, 0) is 42.3 Å². The van der Waals surface area contributed by atoms with Crippen LogP contribution < -0.4 is 14.8 Å². The minimum Gasteiger partial charge on any atom is -0.497 e. The van der Waals surface area contributed by atoms with Crippen molar-refractivity contribution >= 4 is 17.7 Å². The molecule has 2 rings (SSSR count). The number of ether oxygens (including phenoxy) is 2. The molecule has 0 aliphatic carbocycles. The number of rotatable bonds is 8. The summed E-state index contributed by atoms with van der Waals surface area (Å²) in [7, 11) is 3.28. The van der Waals surface area contributed by atoms with Gasteiger partial charge in [-0.3, -0.25) is 4.79 Å². The smallest absolute Gasteiger partial charge is 0.230 e. The third kappa shape index (κ3) is 5.87. The van der Waals surface area contributed by atoms with Crippen LogP contribution in [0.1, 0.15) is 5.56 Å². The van der Waals surface area contributed by atoms with Crippen molar-refractivity contribution in [3.8, 4) is 11.5 Å². The van der Waals surface area contributed by atoms with Crippen molar-refractivity contribution in [2.24, 2.45) is 0 Å². The maximum absolute atomic E-state index is 11.9. The quantitative estimate of drug-likeness (QED) is 0.755. The summed E-state index contributed by atoms with van der Waals surface area (Å²) >= 11 is 1.50. The molecule has 122 valence electrons. The van der Waals surface area contributed by atoms with Crippen LogP contribution in [0.15, 0.2) is 53.4 Å². The van der Waals surface area contributed by atoms with E-state index < -0.39 is 0 Å². The van der Waals surface area contributed by atoms with Gasteiger partial charge in [-0.15, -0.1) is 11.8 Å². The minimum absolute atomic E-state index is 0.0336. The van der Waals surface area contributed by atoms with E-state index in [4.69, 9.17) is 9.47 Å². The summed E-state index contributed by atoms with van der Waals surface area (Å²) in [5.41, 5.74) is 1.17. The Morgan fingerprint density at radius 2 is 1.78 bits per heavy atom. The first-order valence-electron chi connectivity index (χ1n) is 7.38. The topological polar surface area (TPSA) is 47.6 Å². The van der Waals surface area contributed by atoms with Crippen molar-refractivity contribution in [3.05, 3.63) is 54.1 Å². The molecule has 0 bridgehead atoms. The van der Waals surface area contributed by atoms with Crippen molar-refractivity contribution in [3.63, 3.8) is 0 Å². The summed E-state index contributed by atoms with van der Waals surface area (Å²) in [4.78, 5) is 12.9. The van der Waals surface area contributed by atoms with Crippen LogP contribution in [0.3, 0.4) is 0 Å². The van der Waals surface area contributed by atoms with Crippen LogP contribution in [-0.4, -0.2) is 32.4 Å². The highest BCUT2D eigenvalue weighted by molar-refractivity contribution is 8.00. The Kier molecular flexibility index (Phi) is 6.81. The Balaban J connectivity index is 1.70. The number of nitrogens with one attached hydrogen (secondary N) is 1. The molecule has 5 heteroatoms. The zero-order valence-electron chi connectivity index (χ0n) is 13.4. The average Bonchev–Trinajstić information content (AvgIpc) is 2.61. The molecule has 0 spiro atoms. The van der Waals surface area contributed by atoms with Crippen molar-refractivity contribution in [2.45, 2.75) is 11.3 Å². The zero-order valence-corrected chi connectivity index (χ0v) is 14.2. The van der Waals surface area contributed by atoms with Gasteiger partial charge in [-0.25, -0.2) is 0 Å². The van der Waals surface area contributed by atoms with Crippen LogP contribution in [0.25, 0.3) is 0 Å². The van der Waals surface area contributed by atoms with Crippen LogP contribution >= 0.6 is 11.8 Å². The van der Waals surface area contributed by atoms with Gasteiger partial charge in [0, 0.05) is 11.4 Å². The fraction of sp³-hybridized carbons (Fsp3) is 0.278. The molecule has 1 N–H and O–H groups in total. The maximum Gasteiger partial charge on any atom is 0.230 e. The molecular formula is C18H21NO3S. The van der Waals surface area contributed by atoms with Gasteiger partial charge >= 0.3 is 0 Å². The fourth-order valence-electron chi connectivity index (χ4n) is 2.03. The van der Waals surface area contributed by atoms with E-state index in [1.54, 1.807) is 14.2 Å². The summed E-state index contributed by atoms with van der Waals surface area (Å²) in [5.74, 6) is 2.07. The molecule has 0 saturated carbocycles. The Bertz CT molecular complexity index is 628. The molecular weight excluding hydrogens is 310 g/mol. The monoisotopic (exact) mass is 331 g/mol. The van der Waals surface area contributed by atoms with Crippen molar-refractivity contribution < 1.29 is 14.3 Å². The first kappa shape index (κ1) is 17.2. The Hall–Kier alpha value is -2.14. The first-order valence-corrected chi connectivity index (χ1v) is 8.36. The van der Waals surface area contributed by atoms with E-state index in [1.165, 1.54) is 17.3 Å². The lowest BCUT2D eigenvalue weighted by atomic mass is 10.1. The van der Waals surface area contributed by atoms with Crippen LogP contribution in [0, 0.1) is 0 Å². The highest BCUT2D eigenvalue weighted by atomic mass is 32.2. The van der Waals surface area contributed by atoms with E-state index in [0.717, 1.165) is 22.8 Å². The summed E-state index contributed by atoms with van der Waals surface area (Å²) in [6.07, 6.45) is 0.805. The number of thioether (sulfide) groups is 1. The first-order chi connectivity index (χ1) is 11.2. The molecule has 0 atom stereocenters. The third-order valence-electron chi connectivity index (χ3n) is 3.31. The second-order valence-corrected chi connectivity index (χ2v) is 5.96. The van der Waals surface area contributed by atoms with Crippen LogP contribution in [0.4, 0.5) is 0 Å². The number of hydrogen-bond donors (Lipinski definition) is 1. The van der Waals surface area contributed by atoms with Crippen LogP contribution in [0.2, 0.25) is 0 Å². The zero-order chi connectivity index (χ0) is 16.5. The van der Waals surface area contributed by atoms with Gasteiger partial charge in [0.25, 0.3) is 0 Å². The molecule has 0 heterocycles. The lowest BCUT2D eigenvalue weighted by Crippen LogP contribution is -2.27. The van der Waals surface area contributed by atoms with E-state index in [0.29, 0.717) is 12.3 Å². The van der Waals surface area contributed by atoms with Gasteiger partial charge in [0.1, 0.15) is 11.5 Å². The molecule has 0 fully saturated rings. The molecule has 4 nitrogen and oxygen atoms in total. The van der Waals surface area contributed by atoms with E-state index in [9.17, 15) is 4.79 Å². The summed E-state index contributed by atoms with van der Waals surface area (Å²) < 4.78 is 10.3. The molecule has 0 aromatic heterocycles. The average molecular weight is 331 g/mol. The van der Waals surface area contributed by atoms with Crippen molar-refractivity contribution in [2.75, 3.05) is 26.5 Å². The predicted molar refractivity (Wildman–Crippen MR) is 93.4 cm³/mol. The van der Waals surface area contributed by atoms with E-state index >= 15 is 0 Å². The molecule has 0 radical (unpaired) electrons. The van der Waals surface area contributed by atoms with Crippen LogP contribution in [-0.2, 0) is 11.2 Å². The summed E-state index contributed by atoms with van der Waals surface area (Å²) in [6.45, 7) is 0.629. The normalized spacial score (nSPS) is 10.2. The fourth-order valence-corrected chi connectivity index (χ4v) is 2.80. The second kappa shape index (κ2) is 9.10. The van der Waals surface area contributed by atoms with E-state index in [-0.39, 0.29) is 5.91 Å². The molecule has 0 saturated heterocycles. The lowest BCUT2D eigenvalue weighted by molar-refractivity contribution is -0.118. The van der Waals surface area contributed by atoms with E-state index in [2.05, 4.69) is 5.32 Å². The standard InChI is InChI=1S/C18H21NO3S/c1-21-15-8-6-14(7-9-15)10-11-19-18(20)13-23-17-5-3-4-16(12-17)22-2/h3-9,12H,10-11,13H2,1-2H3,(H,19,20). The van der Waals surface area contributed by atoms with Gasteiger partial charge < -0.3 is 14.8 Å². The number of methoxy groups -OCH3 is 2. The number of hydrogen-bond acceptors (Lipinski definition) is 4. The molecule has 0 unspecified atom stereocenters. The van der Waals surface area contributed by atoms with Gasteiger partial charge in [-0.2, -0.15) is 0 Å². The molecule has 0 aliphatic heterocycles. The number of benzene rings is 2. The van der Waals surface area contributed by atoms with Gasteiger partial charge in [0.2, 0.25) is 5.91 Å².